The molecule has 1 aliphatic rings. The summed E-state index contributed by atoms with van der Waals surface area (Å²) in [6.45, 7) is 5.98. The zero-order valence-electron chi connectivity index (χ0n) is 27.7. The normalized spacial score (nSPS) is 16.4. The number of imidazole rings is 1. The van der Waals surface area contributed by atoms with Crippen molar-refractivity contribution in [1.82, 2.24) is 34.1 Å². The van der Waals surface area contributed by atoms with Crippen LogP contribution in [-0.2, 0) is 17.9 Å². The fourth-order valence-corrected chi connectivity index (χ4v) is 6.43. The number of aliphatic hydroxyl groups is 1. The molecular weight excluding hydrogens is 618 g/mol. The molecule has 12 heteroatoms. The number of hydrogen-bond acceptors (Lipinski definition) is 8. The molecule has 0 atom stereocenters. The van der Waals surface area contributed by atoms with Gasteiger partial charge in [0, 0.05) is 35.9 Å². The zero-order chi connectivity index (χ0) is 33.9. The Morgan fingerprint density at radius 3 is 2.65 bits per heavy atom. The number of nitrogens with two attached hydrogens (primary N) is 1. The summed E-state index contributed by atoms with van der Waals surface area (Å²) in [6, 6.07) is 17.7. The lowest BCUT2D eigenvalue weighted by Crippen LogP contribution is -2.29. The molecule has 6 aromatic rings. The predicted molar refractivity (Wildman–Crippen MR) is 188 cm³/mol. The van der Waals surface area contributed by atoms with Crippen molar-refractivity contribution in [3.8, 4) is 22.6 Å². The van der Waals surface area contributed by atoms with E-state index < -0.39 is 5.91 Å². The molecule has 7 rings (SSSR count). The second-order valence-electron chi connectivity index (χ2n) is 12.9. The number of nitrogens with one attached hydrogen (secondary N) is 1. The lowest BCUT2D eigenvalue weighted by molar-refractivity contribution is 0.100. The molecule has 1 amide bonds. The van der Waals surface area contributed by atoms with Crippen LogP contribution in [0.2, 0.25) is 0 Å². The first-order chi connectivity index (χ1) is 23.8. The number of carbonyl (C=O) groups is 1. The number of nitrogens with zero attached hydrogens (tertiary/aromatic N) is 7. The van der Waals surface area contributed by atoms with Crippen molar-refractivity contribution in [3.05, 3.63) is 103 Å². The number of anilines is 1. The molecule has 4 aromatic heterocycles. The van der Waals surface area contributed by atoms with Crippen LogP contribution in [0.1, 0.15) is 67.1 Å². The van der Waals surface area contributed by atoms with Gasteiger partial charge in [-0.2, -0.15) is 10.2 Å². The molecule has 0 unspecified atom stereocenters. The van der Waals surface area contributed by atoms with E-state index in [-0.39, 0.29) is 18.1 Å². The SMILES string of the molecule is CC(C)c1nn(-c2ccc(C(N)=O)c(NC3CCC(O)CC3)c2)c2nccc(-n3cnc(-c4cnn(CCOCc5ccccc5)c4)c3)c12. The van der Waals surface area contributed by atoms with Crippen molar-refractivity contribution >= 4 is 22.6 Å². The molecule has 4 N–H and O–H groups in total. The van der Waals surface area contributed by atoms with E-state index in [1.54, 1.807) is 18.6 Å². The first-order valence-corrected chi connectivity index (χ1v) is 16.8. The highest BCUT2D eigenvalue weighted by molar-refractivity contribution is 5.99. The fraction of sp³-hybridized carbons (Fsp3) is 0.324. The number of primary amides is 1. The number of rotatable bonds is 12. The van der Waals surface area contributed by atoms with Crippen LogP contribution in [-0.4, -0.2) is 63.9 Å². The van der Waals surface area contributed by atoms with Crippen molar-refractivity contribution in [1.29, 1.82) is 0 Å². The number of carbonyl (C=O) groups excluding carboxylic acids is 1. The van der Waals surface area contributed by atoms with Crippen molar-refractivity contribution in [2.24, 2.45) is 5.73 Å². The van der Waals surface area contributed by atoms with Gasteiger partial charge in [-0.15, -0.1) is 0 Å². The Kier molecular flexibility index (Phi) is 9.23. The Morgan fingerprint density at radius 1 is 1.06 bits per heavy atom. The monoisotopic (exact) mass is 659 g/mol. The Balaban J connectivity index is 1.15. The molecule has 12 nitrogen and oxygen atoms in total. The minimum absolute atomic E-state index is 0.105. The van der Waals surface area contributed by atoms with Crippen molar-refractivity contribution in [3.63, 3.8) is 0 Å². The van der Waals surface area contributed by atoms with Crippen LogP contribution in [0, 0.1) is 0 Å². The topological polar surface area (TPSA) is 151 Å². The average Bonchev–Trinajstić information content (AvgIpc) is 3.87. The van der Waals surface area contributed by atoms with E-state index in [0.29, 0.717) is 36.7 Å². The molecule has 49 heavy (non-hydrogen) atoms. The molecule has 1 aliphatic carbocycles. The summed E-state index contributed by atoms with van der Waals surface area (Å²) in [5, 5.41) is 24.0. The molecule has 1 saturated carbocycles. The number of benzene rings is 2. The van der Waals surface area contributed by atoms with Gasteiger partial charge in [0.2, 0.25) is 0 Å². The smallest absolute Gasteiger partial charge is 0.250 e. The summed E-state index contributed by atoms with van der Waals surface area (Å²) in [4.78, 5) is 21.9. The maximum Gasteiger partial charge on any atom is 0.250 e. The van der Waals surface area contributed by atoms with Crippen LogP contribution in [0.3, 0.4) is 0 Å². The van der Waals surface area contributed by atoms with E-state index >= 15 is 0 Å². The molecule has 2 aromatic carbocycles. The molecule has 4 heterocycles. The predicted octanol–water partition coefficient (Wildman–Crippen LogP) is 5.62. The minimum Gasteiger partial charge on any atom is -0.393 e. The third kappa shape index (κ3) is 6.96. The number of aromatic nitrogens is 7. The summed E-state index contributed by atoms with van der Waals surface area (Å²) in [5.74, 6) is -0.399. The van der Waals surface area contributed by atoms with E-state index in [4.69, 9.17) is 25.5 Å². The lowest BCUT2D eigenvalue weighted by Gasteiger charge is -2.27. The van der Waals surface area contributed by atoms with Gasteiger partial charge in [0.05, 0.1) is 72.1 Å². The molecule has 0 aliphatic heterocycles. The maximum absolute atomic E-state index is 12.4. The Morgan fingerprint density at radius 2 is 1.88 bits per heavy atom. The highest BCUT2D eigenvalue weighted by Crippen LogP contribution is 2.33. The second kappa shape index (κ2) is 14.0. The number of hydrogen-bond donors (Lipinski definition) is 3. The standard InChI is InChI=1S/C37H41N9O3/c1-24(2)35-34-33(44-21-32(40-23-44)26-19-41-45(20-26)16-17-49-22-25-6-4-3-5-7-25)14-15-39-37(34)46(43-35)28-10-13-30(36(38)48)31(18-28)42-27-8-11-29(47)12-9-27/h3-7,10,13-15,18-21,23-24,27,29,42,47H,8-9,11-12,16-17,22H2,1-2H3,(H2,38,48). The van der Waals surface area contributed by atoms with Gasteiger partial charge in [0.15, 0.2) is 5.65 Å². The third-order valence-corrected chi connectivity index (χ3v) is 9.06. The quantitative estimate of drug-likeness (QED) is 0.143. The largest absolute Gasteiger partial charge is 0.393 e. The van der Waals surface area contributed by atoms with E-state index in [1.807, 2.05) is 68.9 Å². The Bertz CT molecular complexity index is 2060. The Labute approximate surface area is 284 Å². The van der Waals surface area contributed by atoms with Gasteiger partial charge in [-0.3, -0.25) is 9.48 Å². The van der Waals surface area contributed by atoms with Gasteiger partial charge < -0.3 is 25.5 Å². The molecule has 252 valence electrons. The molecule has 1 fully saturated rings. The molecule has 0 saturated heterocycles. The molecule has 0 radical (unpaired) electrons. The number of ether oxygens (including phenoxy) is 1. The summed E-state index contributed by atoms with van der Waals surface area (Å²) >= 11 is 0. The third-order valence-electron chi connectivity index (χ3n) is 9.06. The summed E-state index contributed by atoms with van der Waals surface area (Å²) in [7, 11) is 0. The van der Waals surface area contributed by atoms with Crippen LogP contribution in [0.25, 0.3) is 33.7 Å². The van der Waals surface area contributed by atoms with Gasteiger partial charge in [-0.05, 0) is 61.4 Å². The minimum atomic E-state index is -0.503. The molecule has 0 spiro atoms. The molecular formula is C37H41N9O3. The average molecular weight is 660 g/mol. The first kappa shape index (κ1) is 32.2. The maximum atomic E-state index is 12.4. The van der Waals surface area contributed by atoms with E-state index in [0.717, 1.165) is 65.0 Å². The van der Waals surface area contributed by atoms with Gasteiger partial charge in [0.25, 0.3) is 5.91 Å². The summed E-state index contributed by atoms with van der Waals surface area (Å²) < 4.78 is 11.5. The van der Waals surface area contributed by atoms with Crippen LogP contribution >= 0.6 is 0 Å². The highest BCUT2D eigenvalue weighted by Gasteiger charge is 2.24. The van der Waals surface area contributed by atoms with Crippen molar-refractivity contribution in [2.75, 3.05) is 11.9 Å². The highest BCUT2D eigenvalue weighted by atomic mass is 16.5. The van der Waals surface area contributed by atoms with E-state index in [2.05, 4.69) is 36.4 Å². The van der Waals surface area contributed by atoms with E-state index in [9.17, 15) is 9.90 Å². The van der Waals surface area contributed by atoms with Crippen LogP contribution < -0.4 is 11.1 Å². The van der Waals surface area contributed by atoms with Crippen LogP contribution in [0.5, 0.6) is 0 Å². The van der Waals surface area contributed by atoms with Crippen LogP contribution in [0.15, 0.2) is 85.7 Å². The van der Waals surface area contributed by atoms with Crippen molar-refractivity contribution in [2.45, 2.75) is 70.7 Å². The van der Waals surface area contributed by atoms with Gasteiger partial charge in [-0.25, -0.2) is 14.6 Å². The number of amides is 1. The number of aliphatic hydroxyl groups excluding tert-OH is 1. The van der Waals surface area contributed by atoms with Gasteiger partial charge >= 0.3 is 0 Å². The van der Waals surface area contributed by atoms with Crippen LogP contribution in [0.4, 0.5) is 5.69 Å². The number of fused-ring (bicyclic) bond motifs is 1. The fourth-order valence-electron chi connectivity index (χ4n) is 6.43. The second-order valence-corrected chi connectivity index (χ2v) is 12.9. The van der Waals surface area contributed by atoms with Crippen molar-refractivity contribution < 1.29 is 14.6 Å². The summed E-state index contributed by atoms with van der Waals surface area (Å²) in [5.41, 5.74) is 12.9. The zero-order valence-corrected chi connectivity index (χ0v) is 27.7. The summed E-state index contributed by atoms with van der Waals surface area (Å²) in [6.07, 6.45) is 12.2. The van der Waals surface area contributed by atoms with Gasteiger partial charge in [0.1, 0.15) is 0 Å². The number of pyridine rings is 1. The lowest BCUT2D eigenvalue weighted by atomic mass is 9.92. The van der Waals surface area contributed by atoms with E-state index in [1.165, 1.54) is 0 Å². The Hall–Kier alpha value is -5.33. The first-order valence-electron chi connectivity index (χ1n) is 16.8. The molecule has 0 bridgehead atoms. The van der Waals surface area contributed by atoms with Gasteiger partial charge in [-0.1, -0.05) is 44.2 Å².